The Morgan fingerprint density at radius 1 is 1.20 bits per heavy atom. The van der Waals surface area contributed by atoms with Gasteiger partial charge in [-0.05, 0) is 56.7 Å². The Hall–Kier alpha value is -2.54. The molecule has 1 amide bonds. The predicted molar refractivity (Wildman–Crippen MR) is 118 cm³/mol. The lowest BCUT2D eigenvalue weighted by Gasteiger charge is -2.26. The van der Waals surface area contributed by atoms with Crippen molar-refractivity contribution in [3.8, 4) is 11.4 Å². The second-order valence-electron chi connectivity index (χ2n) is 8.15. The van der Waals surface area contributed by atoms with Crippen LogP contribution >= 0.6 is 11.8 Å². The smallest absolute Gasteiger partial charge is 0.230 e. The van der Waals surface area contributed by atoms with Crippen molar-refractivity contribution in [3.05, 3.63) is 54.0 Å². The van der Waals surface area contributed by atoms with E-state index in [1.54, 1.807) is 6.26 Å². The Labute approximate surface area is 181 Å². The number of nitrogens with zero attached hydrogens (tertiary/aromatic N) is 3. The molecule has 6 nitrogen and oxygen atoms in total. The molecule has 2 aromatic heterocycles. The summed E-state index contributed by atoms with van der Waals surface area (Å²) >= 11 is 1.42. The Kier molecular flexibility index (Phi) is 6.57. The highest BCUT2D eigenvalue weighted by molar-refractivity contribution is 7.99. The minimum Gasteiger partial charge on any atom is -0.467 e. The van der Waals surface area contributed by atoms with Crippen LogP contribution in [0.1, 0.15) is 43.9 Å². The maximum absolute atomic E-state index is 12.5. The first-order valence-electron chi connectivity index (χ1n) is 10.5. The van der Waals surface area contributed by atoms with Crippen LogP contribution in [-0.2, 0) is 11.3 Å². The van der Waals surface area contributed by atoms with Crippen LogP contribution in [0.25, 0.3) is 11.4 Å². The van der Waals surface area contributed by atoms with Crippen LogP contribution in [0.3, 0.4) is 0 Å². The third-order valence-corrected chi connectivity index (χ3v) is 6.57. The number of benzene rings is 1. The molecule has 1 aliphatic carbocycles. The second kappa shape index (κ2) is 9.51. The van der Waals surface area contributed by atoms with Crippen LogP contribution in [0, 0.1) is 12.8 Å². The molecule has 0 radical (unpaired) electrons. The zero-order valence-corrected chi connectivity index (χ0v) is 18.3. The van der Waals surface area contributed by atoms with Crippen LogP contribution in [0.5, 0.6) is 0 Å². The van der Waals surface area contributed by atoms with Crippen molar-refractivity contribution in [1.29, 1.82) is 0 Å². The number of carbonyl (C=O) groups is 1. The van der Waals surface area contributed by atoms with Gasteiger partial charge in [0.2, 0.25) is 5.91 Å². The minimum absolute atomic E-state index is 0.0595. The van der Waals surface area contributed by atoms with Gasteiger partial charge in [-0.2, -0.15) is 0 Å². The molecule has 0 atom stereocenters. The van der Waals surface area contributed by atoms with E-state index in [0.717, 1.165) is 46.6 Å². The summed E-state index contributed by atoms with van der Waals surface area (Å²) in [6.45, 7) is 4.86. The first kappa shape index (κ1) is 20.7. The highest BCUT2D eigenvalue weighted by Crippen LogP contribution is 2.27. The lowest BCUT2D eigenvalue weighted by Crippen LogP contribution is -2.38. The average molecular weight is 425 g/mol. The molecule has 1 aliphatic rings. The number of hydrogen-bond acceptors (Lipinski definition) is 5. The lowest BCUT2D eigenvalue weighted by molar-refractivity contribution is -0.119. The first-order valence-corrected chi connectivity index (χ1v) is 11.5. The van der Waals surface area contributed by atoms with Crippen LogP contribution in [0.2, 0.25) is 0 Å². The van der Waals surface area contributed by atoms with Gasteiger partial charge < -0.3 is 9.73 Å². The molecule has 1 saturated carbocycles. The van der Waals surface area contributed by atoms with Crippen LogP contribution < -0.4 is 5.32 Å². The minimum atomic E-state index is 0.0595. The van der Waals surface area contributed by atoms with E-state index >= 15 is 0 Å². The third-order valence-electron chi connectivity index (χ3n) is 5.60. The molecule has 2 heterocycles. The van der Waals surface area contributed by atoms with E-state index in [-0.39, 0.29) is 5.91 Å². The molecular formula is C23H28N4O2S. The Morgan fingerprint density at radius 2 is 2.03 bits per heavy atom. The van der Waals surface area contributed by atoms with E-state index in [0.29, 0.717) is 18.3 Å². The van der Waals surface area contributed by atoms with Crippen molar-refractivity contribution < 1.29 is 9.21 Å². The first-order chi connectivity index (χ1) is 14.6. The molecular weight excluding hydrogens is 396 g/mol. The van der Waals surface area contributed by atoms with Crippen molar-refractivity contribution in [2.75, 3.05) is 5.75 Å². The standard InChI is InChI=1S/C23H28N4O2S/c1-16-8-10-19(11-9-16)24-21(28)15-30-23-26-25-22(18-6-3-5-17(2)13-18)27(23)14-20-7-4-12-29-20/h3-7,12-13,16,19H,8-11,14-15H2,1-2H3,(H,24,28). The number of furan rings is 1. The molecule has 7 heteroatoms. The molecule has 0 spiro atoms. The Morgan fingerprint density at radius 3 is 2.77 bits per heavy atom. The number of carbonyl (C=O) groups excluding carboxylic acids is 1. The van der Waals surface area contributed by atoms with Gasteiger partial charge in [0.1, 0.15) is 5.76 Å². The average Bonchev–Trinajstić information content (AvgIpc) is 3.39. The summed E-state index contributed by atoms with van der Waals surface area (Å²) in [5.74, 6) is 2.76. The normalized spacial score (nSPS) is 19.0. The molecule has 1 aromatic carbocycles. The second-order valence-corrected chi connectivity index (χ2v) is 9.10. The van der Waals surface area contributed by atoms with E-state index in [9.17, 15) is 4.79 Å². The largest absolute Gasteiger partial charge is 0.467 e. The van der Waals surface area contributed by atoms with Gasteiger partial charge in [-0.25, -0.2) is 0 Å². The Bertz CT molecular complexity index is 975. The summed E-state index contributed by atoms with van der Waals surface area (Å²) in [6.07, 6.45) is 6.19. The van der Waals surface area contributed by atoms with Crippen molar-refractivity contribution in [3.63, 3.8) is 0 Å². The SMILES string of the molecule is Cc1cccc(-c2nnc(SCC(=O)NC3CCC(C)CC3)n2Cc2ccco2)c1. The molecule has 3 aromatic rings. The van der Waals surface area contributed by atoms with Gasteiger partial charge in [-0.3, -0.25) is 9.36 Å². The topological polar surface area (TPSA) is 73.0 Å². The summed E-state index contributed by atoms with van der Waals surface area (Å²) in [7, 11) is 0. The van der Waals surface area contributed by atoms with E-state index in [1.165, 1.54) is 24.6 Å². The van der Waals surface area contributed by atoms with Gasteiger partial charge in [0.25, 0.3) is 0 Å². The zero-order valence-electron chi connectivity index (χ0n) is 17.5. The number of amides is 1. The zero-order chi connectivity index (χ0) is 20.9. The number of aryl methyl sites for hydroxylation is 1. The fraction of sp³-hybridized carbons (Fsp3) is 0.435. The molecule has 4 rings (SSSR count). The van der Waals surface area contributed by atoms with E-state index in [2.05, 4.69) is 41.5 Å². The maximum Gasteiger partial charge on any atom is 0.230 e. The van der Waals surface area contributed by atoms with Gasteiger partial charge in [0.05, 0.1) is 18.6 Å². The number of aromatic nitrogens is 3. The number of hydrogen-bond donors (Lipinski definition) is 1. The lowest BCUT2D eigenvalue weighted by atomic mass is 9.87. The highest BCUT2D eigenvalue weighted by Gasteiger charge is 2.21. The summed E-state index contributed by atoms with van der Waals surface area (Å²) in [5, 5.41) is 12.7. The van der Waals surface area contributed by atoms with Crippen molar-refractivity contribution in [1.82, 2.24) is 20.1 Å². The van der Waals surface area contributed by atoms with Gasteiger partial charge >= 0.3 is 0 Å². The van der Waals surface area contributed by atoms with Crippen LogP contribution in [0.4, 0.5) is 0 Å². The molecule has 1 N–H and O–H groups in total. The number of nitrogens with one attached hydrogen (secondary N) is 1. The van der Waals surface area contributed by atoms with Crippen LogP contribution in [-0.4, -0.2) is 32.5 Å². The molecule has 30 heavy (non-hydrogen) atoms. The van der Waals surface area contributed by atoms with Crippen molar-refractivity contribution in [2.24, 2.45) is 5.92 Å². The highest BCUT2D eigenvalue weighted by atomic mass is 32.2. The summed E-state index contributed by atoms with van der Waals surface area (Å²) in [5.41, 5.74) is 2.16. The summed E-state index contributed by atoms with van der Waals surface area (Å²) < 4.78 is 7.57. The third kappa shape index (κ3) is 5.14. The van der Waals surface area contributed by atoms with Crippen molar-refractivity contribution in [2.45, 2.75) is 57.3 Å². The quantitative estimate of drug-likeness (QED) is 0.558. The molecule has 158 valence electrons. The predicted octanol–water partition coefficient (Wildman–Crippen LogP) is 4.68. The fourth-order valence-electron chi connectivity index (χ4n) is 3.90. The van der Waals surface area contributed by atoms with Gasteiger partial charge in [-0.15, -0.1) is 10.2 Å². The number of thioether (sulfide) groups is 1. The maximum atomic E-state index is 12.5. The van der Waals surface area contributed by atoms with E-state index < -0.39 is 0 Å². The van der Waals surface area contributed by atoms with E-state index in [4.69, 9.17) is 4.42 Å². The van der Waals surface area contributed by atoms with Gasteiger partial charge in [0.15, 0.2) is 11.0 Å². The summed E-state index contributed by atoms with van der Waals surface area (Å²) in [6, 6.07) is 12.3. The monoisotopic (exact) mass is 424 g/mol. The fourth-order valence-corrected chi connectivity index (χ4v) is 4.65. The van der Waals surface area contributed by atoms with Gasteiger partial charge in [-0.1, -0.05) is 42.4 Å². The molecule has 0 aliphatic heterocycles. The molecule has 0 saturated heterocycles. The van der Waals surface area contributed by atoms with Crippen LogP contribution in [0.15, 0.2) is 52.2 Å². The Balaban J connectivity index is 1.47. The molecule has 0 unspecified atom stereocenters. The van der Waals surface area contributed by atoms with Crippen molar-refractivity contribution >= 4 is 17.7 Å². The molecule has 1 fully saturated rings. The summed E-state index contributed by atoms with van der Waals surface area (Å²) in [4.78, 5) is 12.5. The molecule has 0 bridgehead atoms. The van der Waals surface area contributed by atoms with E-state index in [1.807, 2.05) is 28.8 Å². The van der Waals surface area contributed by atoms with Gasteiger partial charge in [0, 0.05) is 11.6 Å². The number of rotatable bonds is 7.